The minimum atomic E-state index is 0.574. The van der Waals surface area contributed by atoms with Crippen LogP contribution in [0.2, 0.25) is 0 Å². The second kappa shape index (κ2) is 7.01. The van der Waals surface area contributed by atoms with Gasteiger partial charge in [-0.2, -0.15) is 11.8 Å². The Hall–Kier alpha value is -1.45. The molecule has 6 nitrogen and oxygen atoms in total. The summed E-state index contributed by atoms with van der Waals surface area (Å²) in [6.07, 6.45) is 5.42. The number of rotatable bonds is 6. The molecule has 0 radical (unpaired) electrons. The maximum atomic E-state index is 5.51. The number of thioether (sulfide) groups is 2. The van der Waals surface area contributed by atoms with E-state index in [0.717, 1.165) is 16.5 Å². The van der Waals surface area contributed by atoms with Gasteiger partial charge in [-0.1, -0.05) is 11.8 Å². The highest BCUT2D eigenvalue weighted by atomic mass is 32.2. The summed E-state index contributed by atoms with van der Waals surface area (Å²) in [5, 5.41) is 11.4. The summed E-state index contributed by atoms with van der Waals surface area (Å²) < 4.78 is 5.51. The van der Waals surface area contributed by atoms with E-state index in [0.29, 0.717) is 22.7 Å². The molecule has 0 amide bonds. The summed E-state index contributed by atoms with van der Waals surface area (Å²) in [5.41, 5.74) is 0.956. The first-order chi connectivity index (χ1) is 10.3. The molecule has 0 unspecified atom stereocenters. The van der Waals surface area contributed by atoms with Gasteiger partial charge in [-0.3, -0.25) is 0 Å². The molecule has 0 fully saturated rings. The van der Waals surface area contributed by atoms with Gasteiger partial charge >= 0.3 is 0 Å². The Morgan fingerprint density at radius 2 is 2.05 bits per heavy atom. The zero-order valence-corrected chi connectivity index (χ0v) is 13.5. The number of thiazole rings is 1. The van der Waals surface area contributed by atoms with Gasteiger partial charge in [-0.15, -0.1) is 21.5 Å². The molecule has 0 aliphatic heterocycles. The maximum absolute atomic E-state index is 5.51. The maximum Gasteiger partial charge on any atom is 0.276 e. The molecule has 9 heteroatoms. The second-order valence-corrected chi connectivity index (χ2v) is 6.55. The summed E-state index contributed by atoms with van der Waals surface area (Å²) in [6.45, 7) is 0. The second-order valence-electron chi connectivity index (χ2n) is 3.90. The molecule has 3 aromatic rings. The lowest BCUT2D eigenvalue weighted by Gasteiger charge is -1.93. The van der Waals surface area contributed by atoms with E-state index in [1.54, 1.807) is 30.2 Å². The topological polar surface area (TPSA) is 77.6 Å². The van der Waals surface area contributed by atoms with Gasteiger partial charge in [0, 0.05) is 23.5 Å². The standard InChI is InChI=1S/C12H11N5OS3/c1-19-7-9-16-17-12(18-9)21-6-8-5-20-11(15-8)10-13-3-2-4-14-10/h2-5H,6-7H2,1H3. The normalized spacial score (nSPS) is 10.9. The monoisotopic (exact) mass is 337 g/mol. The first-order valence-corrected chi connectivity index (χ1v) is 9.27. The fourth-order valence-electron chi connectivity index (χ4n) is 1.50. The fraction of sp³-hybridized carbons (Fsp3) is 0.250. The lowest BCUT2D eigenvalue weighted by atomic mass is 10.5. The van der Waals surface area contributed by atoms with Crippen LogP contribution in [0.1, 0.15) is 11.6 Å². The molecule has 0 aliphatic carbocycles. The van der Waals surface area contributed by atoms with Gasteiger partial charge in [-0.05, 0) is 12.3 Å². The van der Waals surface area contributed by atoms with Crippen molar-refractivity contribution in [3.63, 3.8) is 0 Å². The molecular weight excluding hydrogens is 326 g/mol. The Kier molecular flexibility index (Phi) is 4.84. The van der Waals surface area contributed by atoms with Crippen molar-refractivity contribution in [3.8, 4) is 10.8 Å². The van der Waals surface area contributed by atoms with Crippen molar-refractivity contribution < 1.29 is 4.42 Å². The van der Waals surface area contributed by atoms with Crippen LogP contribution in [0, 0.1) is 0 Å². The number of nitrogens with zero attached hydrogens (tertiary/aromatic N) is 5. The molecule has 0 saturated heterocycles. The molecule has 108 valence electrons. The molecule has 0 spiro atoms. The molecule has 0 aliphatic rings. The molecule has 0 aromatic carbocycles. The lowest BCUT2D eigenvalue weighted by Crippen LogP contribution is -1.87. The summed E-state index contributed by atoms with van der Waals surface area (Å²) >= 11 is 4.67. The van der Waals surface area contributed by atoms with Crippen molar-refractivity contribution in [1.29, 1.82) is 0 Å². The molecule has 3 rings (SSSR count). The highest BCUT2D eigenvalue weighted by Crippen LogP contribution is 2.26. The van der Waals surface area contributed by atoms with Crippen molar-refractivity contribution in [2.45, 2.75) is 16.7 Å². The molecule has 0 bridgehead atoms. The SMILES string of the molecule is CSCc1nnc(SCc2csc(-c3ncccn3)n2)o1. The van der Waals surface area contributed by atoms with Gasteiger partial charge in [0.2, 0.25) is 5.89 Å². The van der Waals surface area contributed by atoms with E-state index in [4.69, 9.17) is 4.42 Å². The third-order valence-electron chi connectivity index (χ3n) is 2.37. The van der Waals surface area contributed by atoms with Crippen molar-refractivity contribution in [2.75, 3.05) is 6.26 Å². The van der Waals surface area contributed by atoms with E-state index < -0.39 is 0 Å². The van der Waals surface area contributed by atoms with E-state index in [1.165, 1.54) is 23.1 Å². The zero-order valence-electron chi connectivity index (χ0n) is 11.1. The van der Waals surface area contributed by atoms with Crippen molar-refractivity contribution in [1.82, 2.24) is 25.1 Å². The van der Waals surface area contributed by atoms with Gasteiger partial charge in [0.25, 0.3) is 5.22 Å². The van der Waals surface area contributed by atoms with Crippen LogP contribution in [0.15, 0.2) is 33.5 Å². The summed E-state index contributed by atoms with van der Waals surface area (Å²) in [5.74, 6) is 2.73. The number of hydrogen-bond acceptors (Lipinski definition) is 9. The van der Waals surface area contributed by atoms with Crippen molar-refractivity contribution >= 4 is 34.9 Å². The van der Waals surface area contributed by atoms with Crippen LogP contribution in [0.4, 0.5) is 0 Å². The van der Waals surface area contributed by atoms with E-state index in [2.05, 4.69) is 25.1 Å². The van der Waals surface area contributed by atoms with Crippen LogP contribution < -0.4 is 0 Å². The van der Waals surface area contributed by atoms with Gasteiger partial charge in [0.1, 0.15) is 0 Å². The first-order valence-electron chi connectivity index (χ1n) is 6.01. The average molecular weight is 337 g/mol. The molecule has 0 N–H and O–H groups in total. The van der Waals surface area contributed by atoms with Gasteiger partial charge in [0.05, 0.1) is 11.4 Å². The largest absolute Gasteiger partial charge is 0.415 e. The third-order valence-corrected chi connectivity index (χ3v) is 4.64. The summed E-state index contributed by atoms with van der Waals surface area (Å²) in [7, 11) is 0. The third kappa shape index (κ3) is 3.80. The van der Waals surface area contributed by atoms with E-state index in [9.17, 15) is 0 Å². The van der Waals surface area contributed by atoms with Gasteiger partial charge < -0.3 is 4.42 Å². The van der Waals surface area contributed by atoms with Crippen molar-refractivity contribution in [3.05, 3.63) is 35.4 Å². The Bertz CT molecular complexity index is 700. The number of aromatic nitrogens is 5. The van der Waals surface area contributed by atoms with Gasteiger partial charge in [-0.25, -0.2) is 15.0 Å². The molecule has 0 atom stereocenters. The predicted octanol–water partition coefficient (Wildman–Crippen LogP) is 3.14. The molecule has 21 heavy (non-hydrogen) atoms. The average Bonchev–Trinajstić information content (AvgIpc) is 3.16. The van der Waals surface area contributed by atoms with E-state index in [-0.39, 0.29) is 0 Å². The molecule has 3 heterocycles. The molecular formula is C12H11N5OS3. The summed E-state index contributed by atoms with van der Waals surface area (Å²) in [6, 6.07) is 1.79. The van der Waals surface area contributed by atoms with Crippen LogP contribution in [0.5, 0.6) is 0 Å². The first kappa shape index (κ1) is 14.5. The highest BCUT2D eigenvalue weighted by Gasteiger charge is 2.10. The van der Waals surface area contributed by atoms with Crippen LogP contribution in [-0.4, -0.2) is 31.4 Å². The zero-order chi connectivity index (χ0) is 14.5. The van der Waals surface area contributed by atoms with Crippen LogP contribution >= 0.6 is 34.9 Å². The smallest absolute Gasteiger partial charge is 0.276 e. The predicted molar refractivity (Wildman–Crippen MR) is 84.2 cm³/mol. The van der Waals surface area contributed by atoms with E-state index >= 15 is 0 Å². The van der Waals surface area contributed by atoms with Crippen LogP contribution in [-0.2, 0) is 11.5 Å². The lowest BCUT2D eigenvalue weighted by molar-refractivity contribution is 0.426. The minimum Gasteiger partial charge on any atom is -0.415 e. The number of hydrogen-bond donors (Lipinski definition) is 0. The minimum absolute atomic E-state index is 0.574. The quantitative estimate of drug-likeness (QED) is 0.635. The highest BCUT2D eigenvalue weighted by molar-refractivity contribution is 7.98. The molecule has 0 saturated carbocycles. The van der Waals surface area contributed by atoms with Crippen LogP contribution in [0.25, 0.3) is 10.8 Å². The van der Waals surface area contributed by atoms with Crippen molar-refractivity contribution in [2.24, 2.45) is 0 Å². The Morgan fingerprint density at radius 1 is 1.19 bits per heavy atom. The Balaban J connectivity index is 1.62. The van der Waals surface area contributed by atoms with Crippen LogP contribution in [0.3, 0.4) is 0 Å². The Labute approximate surface area is 133 Å². The van der Waals surface area contributed by atoms with Gasteiger partial charge in [0.15, 0.2) is 10.8 Å². The fourth-order valence-corrected chi connectivity index (χ4v) is 3.41. The Morgan fingerprint density at radius 3 is 2.86 bits per heavy atom. The molecule has 3 aromatic heterocycles. The summed E-state index contributed by atoms with van der Waals surface area (Å²) in [4.78, 5) is 12.9. The van der Waals surface area contributed by atoms with E-state index in [1.807, 2.05) is 11.6 Å².